The molecule has 1 fully saturated rings. The first kappa shape index (κ1) is 17.3. The topological polar surface area (TPSA) is 36.1 Å². The summed E-state index contributed by atoms with van der Waals surface area (Å²) in [5.74, 6) is 0.617. The molecule has 2 aromatic carbocycles. The fraction of sp³-hybridized carbons (Fsp3) is 0.318. The highest BCUT2D eigenvalue weighted by Crippen LogP contribution is 2.34. The van der Waals surface area contributed by atoms with Crippen LogP contribution in [0.4, 0.5) is 0 Å². The van der Waals surface area contributed by atoms with Crippen LogP contribution in [0.1, 0.15) is 45.9 Å². The van der Waals surface area contributed by atoms with E-state index in [9.17, 15) is 4.79 Å². The van der Waals surface area contributed by atoms with Gasteiger partial charge in [0.2, 0.25) is 0 Å². The standard InChI is InChI=1S/C22H23BrN2O/c1-14-7-8-20-18(13-14)15(2)21(24-20)16-9-11-25(12-10-16)22(26)17-5-3-4-6-19(17)23/h3-8,13,16,24H,9-12H2,1-2H3. The number of benzene rings is 2. The van der Waals surface area contributed by atoms with Crippen molar-refractivity contribution in [3.63, 3.8) is 0 Å². The van der Waals surface area contributed by atoms with Crippen molar-refractivity contribution in [1.29, 1.82) is 0 Å². The van der Waals surface area contributed by atoms with Crippen LogP contribution in [0.5, 0.6) is 0 Å². The van der Waals surface area contributed by atoms with Crippen LogP contribution in [-0.4, -0.2) is 28.9 Å². The highest BCUT2D eigenvalue weighted by atomic mass is 79.9. The Morgan fingerprint density at radius 2 is 1.85 bits per heavy atom. The number of aromatic nitrogens is 1. The van der Waals surface area contributed by atoms with Gasteiger partial charge in [0.25, 0.3) is 5.91 Å². The molecule has 3 aromatic rings. The SMILES string of the molecule is Cc1ccc2[nH]c(C3CCN(C(=O)c4ccccc4Br)CC3)c(C)c2c1. The average molecular weight is 411 g/mol. The molecule has 0 bridgehead atoms. The minimum atomic E-state index is 0.125. The Labute approximate surface area is 162 Å². The average Bonchev–Trinajstić information content (AvgIpc) is 2.98. The second-order valence-corrected chi connectivity index (χ2v) is 8.11. The van der Waals surface area contributed by atoms with Gasteiger partial charge in [0.1, 0.15) is 0 Å². The number of fused-ring (bicyclic) bond motifs is 1. The van der Waals surface area contributed by atoms with Crippen molar-refractivity contribution in [3.05, 3.63) is 69.3 Å². The predicted molar refractivity (Wildman–Crippen MR) is 110 cm³/mol. The van der Waals surface area contributed by atoms with Gasteiger partial charge >= 0.3 is 0 Å². The van der Waals surface area contributed by atoms with Gasteiger partial charge in [-0.2, -0.15) is 0 Å². The summed E-state index contributed by atoms with van der Waals surface area (Å²) in [6.07, 6.45) is 2.01. The summed E-state index contributed by atoms with van der Waals surface area (Å²) < 4.78 is 0.869. The van der Waals surface area contributed by atoms with Gasteiger partial charge in [0.05, 0.1) is 5.56 Å². The molecule has 1 saturated heterocycles. The number of nitrogens with zero attached hydrogens (tertiary/aromatic N) is 1. The lowest BCUT2D eigenvalue weighted by Gasteiger charge is -2.32. The summed E-state index contributed by atoms with van der Waals surface area (Å²) >= 11 is 3.49. The number of halogens is 1. The van der Waals surface area contributed by atoms with E-state index < -0.39 is 0 Å². The number of nitrogens with one attached hydrogen (secondary N) is 1. The minimum absolute atomic E-state index is 0.125. The first-order valence-electron chi connectivity index (χ1n) is 9.17. The van der Waals surface area contributed by atoms with Gasteiger partial charge < -0.3 is 9.88 Å². The minimum Gasteiger partial charge on any atom is -0.358 e. The predicted octanol–water partition coefficient (Wildman–Crippen LogP) is 5.57. The van der Waals surface area contributed by atoms with E-state index in [1.165, 1.54) is 27.7 Å². The number of rotatable bonds is 2. The first-order chi connectivity index (χ1) is 12.5. The summed E-state index contributed by atoms with van der Waals surface area (Å²) in [7, 11) is 0. The van der Waals surface area contributed by atoms with Crippen LogP contribution in [0.25, 0.3) is 10.9 Å². The molecule has 1 N–H and O–H groups in total. The van der Waals surface area contributed by atoms with Crippen LogP contribution >= 0.6 is 15.9 Å². The van der Waals surface area contributed by atoms with Gasteiger partial charge in [-0.25, -0.2) is 0 Å². The summed E-state index contributed by atoms with van der Waals surface area (Å²) in [5, 5.41) is 1.33. The summed E-state index contributed by atoms with van der Waals surface area (Å²) in [6, 6.07) is 14.3. The number of hydrogen-bond acceptors (Lipinski definition) is 1. The van der Waals surface area contributed by atoms with Crippen molar-refractivity contribution >= 4 is 32.7 Å². The molecule has 4 rings (SSSR count). The molecule has 3 nitrogen and oxygen atoms in total. The summed E-state index contributed by atoms with van der Waals surface area (Å²) in [4.78, 5) is 18.4. The van der Waals surface area contributed by atoms with Gasteiger partial charge in [-0.05, 0) is 72.4 Å². The lowest BCUT2D eigenvalue weighted by molar-refractivity contribution is 0.0711. The second kappa shape index (κ2) is 6.92. The molecular formula is C22H23BrN2O. The maximum absolute atomic E-state index is 12.8. The largest absolute Gasteiger partial charge is 0.358 e. The summed E-state index contributed by atoms with van der Waals surface area (Å²) in [6.45, 7) is 5.96. The number of amides is 1. The van der Waals surface area contributed by atoms with E-state index in [1.54, 1.807) is 0 Å². The molecule has 0 spiro atoms. The molecule has 0 saturated carbocycles. The smallest absolute Gasteiger partial charge is 0.254 e. The molecule has 0 radical (unpaired) electrons. The molecule has 0 aliphatic carbocycles. The molecule has 1 aromatic heterocycles. The van der Waals surface area contributed by atoms with Crippen LogP contribution in [0, 0.1) is 13.8 Å². The van der Waals surface area contributed by atoms with Crippen molar-refractivity contribution < 1.29 is 4.79 Å². The lowest BCUT2D eigenvalue weighted by Crippen LogP contribution is -2.38. The first-order valence-corrected chi connectivity index (χ1v) is 9.96. The number of aryl methyl sites for hydroxylation is 2. The molecule has 1 aliphatic heterocycles. The quantitative estimate of drug-likeness (QED) is 0.588. The zero-order chi connectivity index (χ0) is 18.3. The summed E-state index contributed by atoms with van der Waals surface area (Å²) in [5.41, 5.74) is 5.97. The van der Waals surface area contributed by atoms with E-state index in [1.807, 2.05) is 29.2 Å². The number of H-pyrrole nitrogens is 1. The fourth-order valence-electron chi connectivity index (χ4n) is 4.05. The van der Waals surface area contributed by atoms with E-state index in [4.69, 9.17) is 0 Å². The number of carbonyl (C=O) groups excluding carboxylic acids is 1. The molecule has 1 aliphatic rings. The Hall–Kier alpha value is -2.07. The third-order valence-electron chi connectivity index (χ3n) is 5.55. The van der Waals surface area contributed by atoms with E-state index in [2.05, 4.69) is 53.0 Å². The lowest BCUT2D eigenvalue weighted by atomic mass is 9.91. The Bertz CT molecular complexity index is 967. The maximum Gasteiger partial charge on any atom is 0.254 e. The van der Waals surface area contributed by atoms with Crippen LogP contribution in [0.2, 0.25) is 0 Å². The van der Waals surface area contributed by atoms with Crippen molar-refractivity contribution in [2.45, 2.75) is 32.6 Å². The Balaban J connectivity index is 1.51. The van der Waals surface area contributed by atoms with Crippen molar-refractivity contribution in [3.8, 4) is 0 Å². The molecule has 0 atom stereocenters. The molecule has 134 valence electrons. The zero-order valence-electron chi connectivity index (χ0n) is 15.2. The van der Waals surface area contributed by atoms with Crippen LogP contribution < -0.4 is 0 Å². The second-order valence-electron chi connectivity index (χ2n) is 7.26. The number of carbonyl (C=O) groups is 1. The fourth-order valence-corrected chi connectivity index (χ4v) is 4.50. The number of hydrogen-bond donors (Lipinski definition) is 1. The number of piperidine rings is 1. The van der Waals surface area contributed by atoms with Crippen molar-refractivity contribution in [2.75, 3.05) is 13.1 Å². The molecule has 4 heteroatoms. The van der Waals surface area contributed by atoms with E-state index >= 15 is 0 Å². The number of likely N-dealkylation sites (tertiary alicyclic amines) is 1. The van der Waals surface area contributed by atoms with Crippen LogP contribution in [0.15, 0.2) is 46.9 Å². The van der Waals surface area contributed by atoms with Crippen molar-refractivity contribution in [2.24, 2.45) is 0 Å². The highest BCUT2D eigenvalue weighted by Gasteiger charge is 2.27. The van der Waals surface area contributed by atoms with Gasteiger partial charge in [0, 0.05) is 40.1 Å². The Kier molecular flexibility index (Phi) is 4.62. The third kappa shape index (κ3) is 3.07. The molecular weight excluding hydrogens is 388 g/mol. The van der Waals surface area contributed by atoms with Gasteiger partial charge in [-0.1, -0.05) is 23.8 Å². The van der Waals surface area contributed by atoms with Gasteiger partial charge in [0.15, 0.2) is 0 Å². The molecule has 26 heavy (non-hydrogen) atoms. The van der Waals surface area contributed by atoms with Gasteiger partial charge in [-0.3, -0.25) is 4.79 Å². The maximum atomic E-state index is 12.8. The van der Waals surface area contributed by atoms with Crippen molar-refractivity contribution in [1.82, 2.24) is 9.88 Å². The highest BCUT2D eigenvalue weighted by molar-refractivity contribution is 9.10. The van der Waals surface area contributed by atoms with Gasteiger partial charge in [-0.15, -0.1) is 0 Å². The Morgan fingerprint density at radius 3 is 2.58 bits per heavy atom. The molecule has 2 heterocycles. The number of aromatic amines is 1. The van der Waals surface area contributed by atoms with E-state index in [0.29, 0.717) is 5.92 Å². The normalized spacial score (nSPS) is 15.6. The van der Waals surface area contributed by atoms with Crippen LogP contribution in [0.3, 0.4) is 0 Å². The monoisotopic (exact) mass is 410 g/mol. The van der Waals surface area contributed by atoms with E-state index in [0.717, 1.165) is 36.0 Å². The zero-order valence-corrected chi connectivity index (χ0v) is 16.8. The third-order valence-corrected chi connectivity index (χ3v) is 6.24. The van der Waals surface area contributed by atoms with Crippen LogP contribution in [-0.2, 0) is 0 Å². The van der Waals surface area contributed by atoms with E-state index in [-0.39, 0.29) is 5.91 Å². The molecule has 1 amide bonds. The molecule has 0 unspecified atom stereocenters. The Morgan fingerprint density at radius 1 is 1.12 bits per heavy atom.